The molecule has 0 fully saturated rings. The molecule has 10 heteroatoms. The summed E-state index contributed by atoms with van der Waals surface area (Å²) in [4.78, 5) is 13.4. The van der Waals surface area contributed by atoms with Crippen LogP contribution in [0.4, 0.5) is 0 Å². The first-order chi connectivity index (χ1) is 13.3. The molecule has 0 aliphatic carbocycles. The first-order valence-electron chi connectivity index (χ1n) is 8.50. The summed E-state index contributed by atoms with van der Waals surface area (Å²) in [6, 6.07) is 8.02. The number of hydrogen-bond donors (Lipinski definition) is 1. The van der Waals surface area contributed by atoms with Crippen molar-refractivity contribution < 1.29 is 22.4 Å². The van der Waals surface area contributed by atoms with Gasteiger partial charge in [-0.1, -0.05) is 19.1 Å². The maximum atomic E-state index is 12.6. The lowest BCUT2D eigenvalue weighted by molar-refractivity contribution is 0.0278. The Balaban J connectivity index is 1.79. The van der Waals surface area contributed by atoms with Crippen LogP contribution in [-0.2, 0) is 14.8 Å². The van der Waals surface area contributed by atoms with Gasteiger partial charge >= 0.3 is 5.97 Å². The van der Waals surface area contributed by atoms with Crippen molar-refractivity contribution >= 4 is 27.3 Å². The number of thiophene rings is 1. The van der Waals surface area contributed by atoms with E-state index in [1.165, 1.54) is 23.5 Å². The third-order valence-corrected chi connectivity index (χ3v) is 6.28. The Morgan fingerprint density at radius 1 is 1.32 bits per heavy atom. The molecule has 0 spiro atoms. The maximum absolute atomic E-state index is 12.6. The van der Waals surface area contributed by atoms with Crippen molar-refractivity contribution in [2.75, 3.05) is 6.54 Å². The number of benzene rings is 1. The van der Waals surface area contributed by atoms with E-state index in [1.807, 2.05) is 17.5 Å². The standard InChI is InChI=1S/C18H19N3O5S2/c1-4-19-28(23,24)13-8-7-11(2)14(10-13)18(22)25-12(3)16-20-21-17(26-16)15-6-5-9-27-15/h5-10,12,19H,4H2,1-3H3. The number of ether oxygens (including phenoxy) is 1. The summed E-state index contributed by atoms with van der Waals surface area (Å²) >= 11 is 1.45. The highest BCUT2D eigenvalue weighted by Crippen LogP contribution is 2.26. The number of aromatic nitrogens is 2. The van der Waals surface area contributed by atoms with Crippen LogP contribution in [-0.4, -0.2) is 31.1 Å². The summed E-state index contributed by atoms with van der Waals surface area (Å²) in [5, 5.41) is 9.78. The van der Waals surface area contributed by atoms with Crippen LogP contribution in [0.3, 0.4) is 0 Å². The Hall–Kier alpha value is -2.56. The predicted molar refractivity (Wildman–Crippen MR) is 103 cm³/mol. The van der Waals surface area contributed by atoms with Crippen molar-refractivity contribution in [3.8, 4) is 10.8 Å². The number of aryl methyl sites for hydroxylation is 1. The van der Waals surface area contributed by atoms with Gasteiger partial charge in [-0.2, -0.15) is 0 Å². The Morgan fingerprint density at radius 3 is 2.79 bits per heavy atom. The van der Waals surface area contributed by atoms with Crippen LogP contribution >= 0.6 is 11.3 Å². The van der Waals surface area contributed by atoms with Crippen LogP contribution in [0.5, 0.6) is 0 Å². The zero-order valence-electron chi connectivity index (χ0n) is 15.5. The minimum absolute atomic E-state index is 0.00248. The van der Waals surface area contributed by atoms with Crippen LogP contribution < -0.4 is 4.72 Å². The molecule has 0 radical (unpaired) electrons. The number of rotatable bonds is 7. The minimum atomic E-state index is -3.68. The molecular formula is C18H19N3O5S2. The molecule has 1 unspecified atom stereocenters. The number of hydrogen-bond acceptors (Lipinski definition) is 8. The van der Waals surface area contributed by atoms with Crippen LogP contribution in [0.15, 0.2) is 45.0 Å². The first-order valence-corrected chi connectivity index (χ1v) is 10.9. The normalized spacial score (nSPS) is 12.7. The number of carbonyl (C=O) groups excluding carboxylic acids is 1. The van der Waals surface area contributed by atoms with Crippen molar-refractivity contribution in [1.29, 1.82) is 0 Å². The topological polar surface area (TPSA) is 111 Å². The number of nitrogens with one attached hydrogen (secondary N) is 1. The van der Waals surface area contributed by atoms with E-state index in [2.05, 4.69) is 14.9 Å². The Labute approximate surface area is 166 Å². The van der Waals surface area contributed by atoms with E-state index < -0.39 is 22.1 Å². The molecule has 0 bridgehead atoms. The molecule has 2 heterocycles. The third kappa shape index (κ3) is 4.29. The molecule has 0 aliphatic rings. The quantitative estimate of drug-likeness (QED) is 0.582. The van der Waals surface area contributed by atoms with Crippen LogP contribution in [0.25, 0.3) is 10.8 Å². The average Bonchev–Trinajstić information content (AvgIpc) is 3.33. The van der Waals surface area contributed by atoms with Gasteiger partial charge in [0.1, 0.15) is 0 Å². The lowest BCUT2D eigenvalue weighted by atomic mass is 10.1. The van der Waals surface area contributed by atoms with Crippen molar-refractivity contribution in [3.05, 3.63) is 52.7 Å². The second kappa shape index (κ2) is 8.21. The molecule has 0 saturated carbocycles. The van der Waals surface area contributed by atoms with E-state index in [0.29, 0.717) is 11.5 Å². The number of esters is 1. The highest BCUT2D eigenvalue weighted by Gasteiger charge is 2.23. The fourth-order valence-electron chi connectivity index (χ4n) is 2.43. The van der Waals surface area contributed by atoms with Gasteiger partial charge in [-0.3, -0.25) is 0 Å². The van der Waals surface area contributed by atoms with Gasteiger partial charge in [-0.25, -0.2) is 17.9 Å². The molecule has 28 heavy (non-hydrogen) atoms. The Bertz CT molecular complexity index is 1070. The highest BCUT2D eigenvalue weighted by atomic mass is 32.2. The molecule has 1 atom stereocenters. The van der Waals surface area contributed by atoms with Crippen molar-refractivity contribution in [2.24, 2.45) is 0 Å². The monoisotopic (exact) mass is 421 g/mol. The fourth-order valence-corrected chi connectivity index (χ4v) is 4.15. The van der Waals surface area contributed by atoms with E-state index in [9.17, 15) is 13.2 Å². The molecule has 3 aromatic rings. The lowest BCUT2D eigenvalue weighted by Gasteiger charge is -2.12. The molecule has 8 nitrogen and oxygen atoms in total. The highest BCUT2D eigenvalue weighted by molar-refractivity contribution is 7.89. The molecule has 3 rings (SSSR count). The maximum Gasteiger partial charge on any atom is 0.339 e. The van der Waals surface area contributed by atoms with Gasteiger partial charge in [-0.15, -0.1) is 21.5 Å². The van der Waals surface area contributed by atoms with E-state index in [4.69, 9.17) is 9.15 Å². The largest absolute Gasteiger partial charge is 0.449 e. The van der Waals surface area contributed by atoms with Gasteiger partial charge in [-0.05, 0) is 43.0 Å². The summed E-state index contributed by atoms with van der Waals surface area (Å²) in [5.74, 6) is -0.164. The van der Waals surface area contributed by atoms with Gasteiger partial charge in [0.05, 0.1) is 15.3 Å². The van der Waals surface area contributed by atoms with E-state index >= 15 is 0 Å². The van der Waals surface area contributed by atoms with E-state index in [-0.39, 0.29) is 22.9 Å². The average molecular weight is 422 g/mol. The second-order valence-electron chi connectivity index (χ2n) is 5.95. The zero-order chi connectivity index (χ0) is 20.3. The molecular weight excluding hydrogens is 402 g/mol. The number of carbonyl (C=O) groups is 1. The van der Waals surface area contributed by atoms with Gasteiger partial charge in [0.15, 0.2) is 6.10 Å². The number of nitrogens with zero attached hydrogens (tertiary/aromatic N) is 2. The first kappa shape index (κ1) is 20.2. The molecule has 1 aromatic carbocycles. The minimum Gasteiger partial charge on any atom is -0.449 e. The molecule has 0 aliphatic heterocycles. The lowest BCUT2D eigenvalue weighted by Crippen LogP contribution is -2.23. The molecule has 2 aromatic heterocycles. The second-order valence-corrected chi connectivity index (χ2v) is 8.66. The van der Waals surface area contributed by atoms with E-state index in [0.717, 1.165) is 4.88 Å². The van der Waals surface area contributed by atoms with Crippen molar-refractivity contribution in [2.45, 2.75) is 31.8 Å². The molecule has 1 N–H and O–H groups in total. The summed E-state index contributed by atoms with van der Waals surface area (Å²) in [5.41, 5.74) is 0.751. The van der Waals surface area contributed by atoms with Crippen LogP contribution in [0.2, 0.25) is 0 Å². The van der Waals surface area contributed by atoms with Crippen LogP contribution in [0, 0.1) is 6.92 Å². The summed E-state index contributed by atoms with van der Waals surface area (Å²) in [7, 11) is -3.68. The van der Waals surface area contributed by atoms with Crippen molar-refractivity contribution in [1.82, 2.24) is 14.9 Å². The Morgan fingerprint density at radius 2 is 2.11 bits per heavy atom. The van der Waals surface area contributed by atoms with Gasteiger partial charge in [0.25, 0.3) is 11.8 Å². The van der Waals surface area contributed by atoms with Gasteiger partial charge in [0.2, 0.25) is 10.0 Å². The van der Waals surface area contributed by atoms with E-state index in [1.54, 1.807) is 26.8 Å². The summed E-state index contributed by atoms with van der Waals surface area (Å²) in [6.45, 7) is 5.24. The van der Waals surface area contributed by atoms with Crippen LogP contribution in [0.1, 0.15) is 41.8 Å². The SMILES string of the molecule is CCNS(=O)(=O)c1ccc(C)c(C(=O)OC(C)c2nnc(-c3cccs3)o2)c1. The summed E-state index contributed by atoms with van der Waals surface area (Å²) < 4.78 is 37.7. The van der Waals surface area contributed by atoms with Gasteiger partial charge < -0.3 is 9.15 Å². The van der Waals surface area contributed by atoms with Gasteiger partial charge in [0, 0.05) is 6.54 Å². The predicted octanol–water partition coefficient (Wildman–Crippen LogP) is 3.32. The molecule has 0 saturated heterocycles. The molecule has 0 amide bonds. The smallest absolute Gasteiger partial charge is 0.339 e. The fraction of sp³-hybridized carbons (Fsp3) is 0.278. The third-order valence-electron chi connectivity index (χ3n) is 3.88. The Kier molecular flexibility index (Phi) is 5.92. The zero-order valence-corrected chi connectivity index (χ0v) is 17.1. The van der Waals surface area contributed by atoms with Crippen molar-refractivity contribution in [3.63, 3.8) is 0 Å². The number of sulfonamides is 1. The summed E-state index contributed by atoms with van der Waals surface area (Å²) in [6.07, 6.45) is -0.790. The molecule has 148 valence electrons.